The molecule has 0 aliphatic carbocycles. The van der Waals surface area contributed by atoms with E-state index in [1.165, 1.54) is 0 Å². The van der Waals surface area contributed by atoms with Crippen LogP contribution in [0, 0.1) is 11.3 Å². The van der Waals surface area contributed by atoms with E-state index in [2.05, 4.69) is 11.5 Å². The Hall–Kier alpha value is -1.24. The lowest BCUT2D eigenvalue weighted by molar-refractivity contribution is 0.787. The molecule has 1 N–H and O–H groups in total. The molecular formula is C10H10ClN3. The lowest BCUT2D eigenvalue weighted by Crippen LogP contribution is -2.30. The summed E-state index contributed by atoms with van der Waals surface area (Å²) >= 11 is 6.06. The Morgan fingerprint density at radius 2 is 2.36 bits per heavy atom. The van der Waals surface area contributed by atoms with E-state index in [4.69, 9.17) is 16.9 Å². The zero-order valence-electron chi connectivity index (χ0n) is 7.63. The summed E-state index contributed by atoms with van der Waals surface area (Å²) in [6, 6.07) is 7.41. The minimum atomic E-state index is 0.595. The number of rotatable bonds is 1. The molecule has 14 heavy (non-hydrogen) atoms. The second-order valence-electron chi connectivity index (χ2n) is 3.19. The van der Waals surface area contributed by atoms with E-state index in [-0.39, 0.29) is 0 Å². The molecule has 1 fully saturated rings. The van der Waals surface area contributed by atoms with Crippen molar-refractivity contribution in [3.05, 3.63) is 28.8 Å². The molecule has 2 rings (SSSR count). The molecule has 1 aromatic carbocycles. The zero-order valence-corrected chi connectivity index (χ0v) is 8.38. The van der Waals surface area contributed by atoms with E-state index in [1.54, 1.807) is 12.1 Å². The maximum atomic E-state index is 8.68. The summed E-state index contributed by atoms with van der Waals surface area (Å²) in [5.74, 6) is 0. The normalized spacial score (nSPS) is 15.6. The summed E-state index contributed by atoms with van der Waals surface area (Å²) in [7, 11) is 0. The first-order chi connectivity index (χ1) is 6.81. The fourth-order valence-electron chi connectivity index (χ4n) is 1.53. The molecule has 0 radical (unpaired) electrons. The number of hydrogen-bond acceptors (Lipinski definition) is 3. The number of nitrogens with zero attached hydrogens (tertiary/aromatic N) is 2. The van der Waals surface area contributed by atoms with Gasteiger partial charge in [-0.2, -0.15) is 5.26 Å². The van der Waals surface area contributed by atoms with Crippen molar-refractivity contribution in [3.63, 3.8) is 0 Å². The third-order valence-electron chi connectivity index (χ3n) is 2.23. The zero-order chi connectivity index (χ0) is 9.97. The Morgan fingerprint density at radius 1 is 1.50 bits per heavy atom. The lowest BCUT2D eigenvalue weighted by Gasteiger charge is -2.18. The van der Waals surface area contributed by atoms with Crippen molar-refractivity contribution in [2.24, 2.45) is 0 Å². The predicted molar refractivity (Wildman–Crippen MR) is 56.1 cm³/mol. The number of anilines is 1. The van der Waals surface area contributed by atoms with Crippen LogP contribution in [0.5, 0.6) is 0 Å². The van der Waals surface area contributed by atoms with Crippen LogP contribution >= 0.6 is 11.6 Å². The molecule has 0 atom stereocenters. The minimum Gasteiger partial charge on any atom is -0.307 e. The van der Waals surface area contributed by atoms with Crippen molar-refractivity contribution in [1.29, 1.82) is 5.26 Å². The molecule has 0 unspecified atom stereocenters. The third kappa shape index (κ3) is 1.67. The van der Waals surface area contributed by atoms with Gasteiger partial charge in [-0.05, 0) is 24.6 Å². The van der Waals surface area contributed by atoms with Crippen LogP contribution in [0.1, 0.15) is 12.0 Å². The largest absolute Gasteiger partial charge is 0.307 e. The highest BCUT2D eigenvalue weighted by Crippen LogP contribution is 2.26. The fraction of sp³-hybridized carbons (Fsp3) is 0.300. The molecule has 1 aliphatic heterocycles. The van der Waals surface area contributed by atoms with Crippen molar-refractivity contribution in [2.75, 3.05) is 18.1 Å². The second-order valence-corrected chi connectivity index (χ2v) is 3.60. The molecule has 0 saturated carbocycles. The number of hydrogen-bond donors (Lipinski definition) is 1. The van der Waals surface area contributed by atoms with Gasteiger partial charge in [0.1, 0.15) is 0 Å². The molecule has 0 amide bonds. The number of hydrazine groups is 1. The average Bonchev–Trinajstić information content (AvgIpc) is 2.70. The number of nitriles is 1. The van der Waals surface area contributed by atoms with Crippen molar-refractivity contribution >= 4 is 17.3 Å². The summed E-state index contributed by atoms with van der Waals surface area (Å²) in [5, 5.41) is 11.3. The summed E-state index contributed by atoms with van der Waals surface area (Å²) in [5.41, 5.74) is 4.76. The van der Waals surface area contributed by atoms with Gasteiger partial charge in [0.15, 0.2) is 0 Å². The van der Waals surface area contributed by atoms with Crippen LogP contribution in [0.25, 0.3) is 0 Å². The molecule has 3 nitrogen and oxygen atoms in total. The predicted octanol–water partition coefficient (Wildman–Crippen LogP) is 1.93. The van der Waals surface area contributed by atoms with Gasteiger partial charge in [0.2, 0.25) is 0 Å². The molecule has 0 aromatic heterocycles. The van der Waals surface area contributed by atoms with E-state index in [1.807, 2.05) is 11.1 Å². The Bertz CT molecular complexity index is 377. The first-order valence-electron chi connectivity index (χ1n) is 4.52. The standard InChI is InChI=1S/C10H10ClN3/c11-9-6-8(7-12)2-3-10(9)14-5-1-4-13-14/h2-3,6,13H,1,4-5H2. The van der Waals surface area contributed by atoms with E-state index in [9.17, 15) is 0 Å². The maximum absolute atomic E-state index is 8.68. The van der Waals surface area contributed by atoms with E-state index >= 15 is 0 Å². The Kier molecular flexibility index (Phi) is 2.58. The van der Waals surface area contributed by atoms with Crippen LogP contribution in [-0.2, 0) is 0 Å². The Balaban J connectivity index is 2.30. The van der Waals surface area contributed by atoms with Crippen LogP contribution < -0.4 is 10.4 Å². The second kappa shape index (κ2) is 3.87. The van der Waals surface area contributed by atoms with E-state index in [0.717, 1.165) is 25.2 Å². The van der Waals surface area contributed by atoms with E-state index < -0.39 is 0 Å². The molecule has 4 heteroatoms. The summed E-state index contributed by atoms with van der Waals surface area (Å²) in [4.78, 5) is 0. The van der Waals surface area contributed by atoms with Gasteiger partial charge in [0.25, 0.3) is 0 Å². The van der Waals surface area contributed by atoms with Crippen molar-refractivity contribution in [2.45, 2.75) is 6.42 Å². The van der Waals surface area contributed by atoms with Crippen molar-refractivity contribution < 1.29 is 0 Å². The molecule has 1 aliphatic rings. The highest BCUT2D eigenvalue weighted by molar-refractivity contribution is 6.33. The van der Waals surface area contributed by atoms with Gasteiger partial charge < -0.3 is 5.01 Å². The third-order valence-corrected chi connectivity index (χ3v) is 2.53. The molecule has 0 bridgehead atoms. The minimum absolute atomic E-state index is 0.595. The van der Waals surface area contributed by atoms with E-state index in [0.29, 0.717) is 10.6 Å². The van der Waals surface area contributed by atoms with Crippen LogP contribution in [-0.4, -0.2) is 13.1 Å². The maximum Gasteiger partial charge on any atom is 0.0992 e. The van der Waals surface area contributed by atoms with Gasteiger partial charge in [-0.25, -0.2) is 5.43 Å². The fourth-order valence-corrected chi connectivity index (χ4v) is 1.81. The van der Waals surface area contributed by atoms with Gasteiger partial charge in [-0.3, -0.25) is 0 Å². The molecular weight excluding hydrogens is 198 g/mol. The molecule has 72 valence electrons. The van der Waals surface area contributed by atoms with Crippen LogP contribution in [0.15, 0.2) is 18.2 Å². The SMILES string of the molecule is N#Cc1ccc(N2CCCN2)c(Cl)c1. The number of benzene rings is 1. The van der Waals surface area contributed by atoms with Gasteiger partial charge >= 0.3 is 0 Å². The quantitative estimate of drug-likeness (QED) is 0.765. The average molecular weight is 208 g/mol. The topological polar surface area (TPSA) is 39.1 Å². The van der Waals surface area contributed by atoms with Crippen LogP contribution in [0.3, 0.4) is 0 Å². The highest BCUT2D eigenvalue weighted by atomic mass is 35.5. The Morgan fingerprint density at radius 3 is 2.93 bits per heavy atom. The smallest absolute Gasteiger partial charge is 0.0992 e. The van der Waals surface area contributed by atoms with Gasteiger partial charge in [0, 0.05) is 13.1 Å². The lowest BCUT2D eigenvalue weighted by atomic mass is 10.2. The summed E-state index contributed by atoms with van der Waals surface area (Å²) in [6.45, 7) is 1.95. The molecule has 0 spiro atoms. The van der Waals surface area contributed by atoms with Crippen LogP contribution in [0.2, 0.25) is 5.02 Å². The van der Waals surface area contributed by atoms with Gasteiger partial charge in [-0.1, -0.05) is 11.6 Å². The number of halogens is 1. The van der Waals surface area contributed by atoms with Crippen molar-refractivity contribution in [1.82, 2.24) is 5.43 Å². The summed E-state index contributed by atoms with van der Waals surface area (Å²) in [6.07, 6.45) is 1.12. The van der Waals surface area contributed by atoms with Crippen LogP contribution in [0.4, 0.5) is 5.69 Å². The highest BCUT2D eigenvalue weighted by Gasteiger charge is 2.14. The van der Waals surface area contributed by atoms with Crippen molar-refractivity contribution in [3.8, 4) is 6.07 Å². The number of nitrogens with one attached hydrogen (secondary N) is 1. The molecule has 1 aromatic rings. The summed E-state index contributed by atoms with van der Waals surface area (Å²) < 4.78 is 0. The Labute approximate surface area is 87.9 Å². The molecule has 1 saturated heterocycles. The first-order valence-corrected chi connectivity index (χ1v) is 4.90. The first kappa shape index (κ1) is 9.32. The molecule has 1 heterocycles. The monoisotopic (exact) mass is 207 g/mol. The van der Waals surface area contributed by atoms with Gasteiger partial charge in [-0.15, -0.1) is 0 Å². The van der Waals surface area contributed by atoms with Gasteiger partial charge in [0.05, 0.1) is 22.3 Å².